The molecular formula is C17H20FN5O. The van der Waals surface area contributed by atoms with Gasteiger partial charge in [-0.2, -0.15) is 0 Å². The van der Waals surface area contributed by atoms with Gasteiger partial charge in [0.1, 0.15) is 17.5 Å². The molecule has 1 saturated heterocycles. The molecule has 1 aliphatic heterocycles. The molecule has 2 aromatic rings. The number of benzene rings is 1. The molecule has 0 unspecified atom stereocenters. The van der Waals surface area contributed by atoms with E-state index in [-0.39, 0.29) is 12.4 Å². The first-order valence-electron chi connectivity index (χ1n) is 8.00. The normalized spacial score (nSPS) is 13.8. The van der Waals surface area contributed by atoms with Crippen molar-refractivity contribution in [3.05, 3.63) is 47.7 Å². The highest BCUT2D eigenvalue weighted by Crippen LogP contribution is 2.18. The predicted octanol–water partition coefficient (Wildman–Crippen LogP) is 2.85. The van der Waals surface area contributed by atoms with Crippen molar-refractivity contribution in [2.75, 3.05) is 23.3 Å². The van der Waals surface area contributed by atoms with Gasteiger partial charge in [0.25, 0.3) is 0 Å². The first kappa shape index (κ1) is 16.2. The first-order chi connectivity index (χ1) is 11.6. The molecule has 0 aliphatic carbocycles. The van der Waals surface area contributed by atoms with Crippen LogP contribution in [0, 0.1) is 12.7 Å². The van der Waals surface area contributed by atoms with Gasteiger partial charge in [0.05, 0.1) is 6.54 Å². The lowest BCUT2D eigenvalue weighted by molar-refractivity contribution is 0.251. The Bertz CT molecular complexity index is 731. The minimum absolute atomic E-state index is 0.210. The van der Waals surface area contributed by atoms with Crippen molar-refractivity contribution in [1.29, 1.82) is 0 Å². The predicted molar refractivity (Wildman–Crippen MR) is 90.5 cm³/mol. The minimum Gasteiger partial charge on any atom is -0.357 e. The Balaban J connectivity index is 1.58. The molecule has 2 heterocycles. The summed E-state index contributed by atoms with van der Waals surface area (Å²) in [6.45, 7) is 3.84. The van der Waals surface area contributed by atoms with Crippen molar-refractivity contribution in [3.63, 3.8) is 0 Å². The molecule has 3 rings (SSSR count). The van der Waals surface area contributed by atoms with Crippen LogP contribution in [-0.2, 0) is 6.54 Å². The third-order valence-corrected chi connectivity index (χ3v) is 4.04. The number of aromatic nitrogens is 2. The molecule has 0 atom stereocenters. The van der Waals surface area contributed by atoms with Crippen LogP contribution in [0.2, 0.25) is 0 Å². The van der Waals surface area contributed by atoms with Gasteiger partial charge in [-0.15, -0.1) is 0 Å². The van der Waals surface area contributed by atoms with E-state index in [1.54, 1.807) is 25.3 Å². The summed E-state index contributed by atoms with van der Waals surface area (Å²) in [6, 6.07) is 6.03. The van der Waals surface area contributed by atoms with E-state index in [1.807, 2.05) is 6.07 Å². The Hall–Kier alpha value is -2.70. The highest BCUT2D eigenvalue weighted by molar-refractivity contribution is 5.89. The summed E-state index contributed by atoms with van der Waals surface area (Å²) in [5.41, 5.74) is 0.846. The molecule has 0 spiro atoms. The third kappa shape index (κ3) is 3.79. The summed E-state index contributed by atoms with van der Waals surface area (Å²) < 4.78 is 13.5. The Kier molecular flexibility index (Phi) is 4.88. The fraction of sp³-hybridized carbons (Fsp3) is 0.353. The number of rotatable bonds is 4. The average Bonchev–Trinajstić information content (AvgIpc) is 3.12. The lowest BCUT2D eigenvalue weighted by atomic mass is 10.2. The van der Waals surface area contributed by atoms with Crippen LogP contribution in [0.3, 0.4) is 0 Å². The molecule has 1 fully saturated rings. The second kappa shape index (κ2) is 7.25. The van der Waals surface area contributed by atoms with Gasteiger partial charge in [-0.1, -0.05) is 6.07 Å². The largest absolute Gasteiger partial charge is 0.357 e. The molecule has 1 aromatic heterocycles. The minimum atomic E-state index is -0.418. The smallest absolute Gasteiger partial charge is 0.319 e. The number of nitrogens with zero attached hydrogens (tertiary/aromatic N) is 3. The fourth-order valence-electron chi connectivity index (χ4n) is 2.66. The van der Waals surface area contributed by atoms with Crippen LogP contribution in [0.1, 0.15) is 24.2 Å². The third-order valence-electron chi connectivity index (χ3n) is 4.04. The summed E-state index contributed by atoms with van der Waals surface area (Å²) in [7, 11) is 0. The molecule has 2 N–H and O–H groups in total. The second-order valence-electron chi connectivity index (χ2n) is 5.75. The lowest BCUT2D eigenvalue weighted by Gasteiger charge is -2.16. The summed E-state index contributed by atoms with van der Waals surface area (Å²) in [4.78, 5) is 22.8. The van der Waals surface area contributed by atoms with Crippen molar-refractivity contribution in [1.82, 2.24) is 15.3 Å². The zero-order chi connectivity index (χ0) is 16.9. The highest BCUT2D eigenvalue weighted by atomic mass is 19.1. The van der Waals surface area contributed by atoms with Crippen LogP contribution in [0.4, 0.5) is 20.7 Å². The quantitative estimate of drug-likeness (QED) is 0.905. The second-order valence-corrected chi connectivity index (χ2v) is 5.75. The Morgan fingerprint density at radius 1 is 1.29 bits per heavy atom. The molecule has 6 nitrogen and oxygen atoms in total. The van der Waals surface area contributed by atoms with E-state index in [4.69, 9.17) is 0 Å². The molecule has 1 aromatic carbocycles. The summed E-state index contributed by atoms with van der Waals surface area (Å²) in [5.74, 6) is 1.08. The van der Waals surface area contributed by atoms with Gasteiger partial charge in [-0.25, -0.2) is 19.2 Å². The van der Waals surface area contributed by atoms with Crippen molar-refractivity contribution in [3.8, 4) is 0 Å². The van der Waals surface area contributed by atoms with Gasteiger partial charge in [0.2, 0.25) is 0 Å². The number of carbonyl (C=O) groups is 1. The molecule has 126 valence electrons. The van der Waals surface area contributed by atoms with Crippen LogP contribution >= 0.6 is 0 Å². The lowest BCUT2D eigenvalue weighted by Crippen LogP contribution is -2.29. The van der Waals surface area contributed by atoms with E-state index >= 15 is 0 Å². The zero-order valence-electron chi connectivity index (χ0n) is 13.6. The number of amides is 2. The van der Waals surface area contributed by atoms with Crippen molar-refractivity contribution >= 4 is 17.5 Å². The Morgan fingerprint density at radius 2 is 2.08 bits per heavy atom. The number of nitrogens with one attached hydrogen (secondary N) is 2. The maximum Gasteiger partial charge on any atom is 0.319 e. The monoisotopic (exact) mass is 329 g/mol. The van der Waals surface area contributed by atoms with Gasteiger partial charge in [-0.05, 0) is 38.0 Å². The standard InChI is InChI=1S/C17H20FN5O/c1-12-13(18)5-4-6-14(12)21-17(24)20-11-15-19-8-7-16(22-15)23-9-2-3-10-23/h4-8H,2-3,9-11H2,1H3,(H2,20,21,24). The zero-order valence-corrected chi connectivity index (χ0v) is 13.6. The van der Waals surface area contributed by atoms with E-state index in [2.05, 4.69) is 25.5 Å². The number of halogens is 1. The van der Waals surface area contributed by atoms with Gasteiger partial charge in [0.15, 0.2) is 0 Å². The van der Waals surface area contributed by atoms with E-state index < -0.39 is 6.03 Å². The molecule has 24 heavy (non-hydrogen) atoms. The number of hydrogen-bond donors (Lipinski definition) is 2. The van der Waals surface area contributed by atoms with E-state index in [9.17, 15) is 9.18 Å². The van der Waals surface area contributed by atoms with Gasteiger partial charge >= 0.3 is 6.03 Å². The molecule has 0 bridgehead atoms. The Morgan fingerprint density at radius 3 is 2.88 bits per heavy atom. The van der Waals surface area contributed by atoms with Crippen molar-refractivity contribution in [2.45, 2.75) is 26.3 Å². The van der Waals surface area contributed by atoms with Gasteiger partial charge in [-0.3, -0.25) is 0 Å². The number of anilines is 2. The van der Waals surface area contributed by atoms with E-state index in [0.717, 1.165) is 18.9 Å². The molecule has 0 radical (unpaired) electrons. The maximum absolute atomic E-state index is 13.5. The van der Waals surface area contributed by atoms with E-state index in [0.29, 0.717) is 17.1 Å². The van der Waals surface area contributed by atoms with Crippen LogP contribution in [0.15, 0.2) is 30.5 Å². The molecule has 7 heteroatoms. The molecule has 2 amide bonds. The fourth-order valence-corrected chi connectivity index (χ4v) is 2.66. The first-order valence-corrected chi connectivity index (χ1v) is 8.00. The van der Waals surface area contributed by atoms with Crippen molar-refractivity contribution in [2.24, 2.45) is 0 Å². The van der Waals surface area contributed by atoms with Crippen LogP contribution in [-0.4, -0.2) is 29.1 Å². The number of carbonyl (C=O) groups excluding carboxylic acids is 1. The van der Waals surface area contributed by atoms with Gasteiger partial charge < -0.3 is 15.5 Å². The number of urea groups is 1. The topological polar surface area (TPSA) is 70.2 Å². The van der Waals surface area contributed by atoms with Crippen LogP contribution in [0.25, 0.3) is 0 Å². The summed E-state index contributed by atoms with van der Waals surface area (Å²) in [6.07, 6.45) is 4.05. The van der Waals surface area contributed by atoms with Crippen LogP contribution in [0.5, 0.6) is 0 Å². The van der Waals surface area contributed by atoms with E-state index in [1.165, 1.54) is 18.9 Å². The van der Waals surface area contributed by atoms with Crippen molar-refractivity contribution < 1.29 is 9.18 Å². The summed E-state index contributed by atoms with van der Waals surface area (Å²) in [5, 5.41) is 5.33. The molecular weight excluding hydrogens is 309 g/mol. The SMILES string of the molecule is Cc1c(F)cccc1NC(=O)NCc1nccc(N2CCCC2)n1. The number of hydrogen-bond acceptors (Lipinski definition) is 4. The molecule has 0 saturated carbocycles. The average molecular weight is 329 g/mol. The summed E-state index contributed by atoms with van der Waals surface area (Å²) >= 11 is 0. The highest BCUT2D eigenvalue weighted by Gasteiger charge is 2.14. The van der Waals surface area contributed by atoms with Crippen LogP contribution < -0.4 is 15.5 Å². The molecule has 1 aliphatic rings. The Labute approximate surface area is 140 Å². The van der Waals surface area contributed by atoms with Gasteiger partial charge in [0, 0.05) is 30.5 Å². The maximum atomic E-state index is 13.5.